The Kier molecular flexibility index (Phi) is 6.05. The van der Waals surface area contributed by atoms with Crippen LogP contribution in [0.3, 0.4) is 0 Å². The summed E-state index contributed by atoms with van der Waals surface area (Å²) >= 11 is 0. The Morgan fingerprint density at radius 2 is 2.00 bits per heavy atom. The number of hydrogen-bond acceptors (Lipinski definition) is 4. The maximum atomic E-state index is 12.6. The van der Waals surface area contributed by atoms with E-state index in [2.05, 4.69) is 44.8 Å². The molecule has 1 aliphatic heterocycles. The summed E-state index contributed by atoms with van der Waals surface area (Å²) in [7, 11) is 0. The second kappa shape index (κ2) is 9.05. The summed E-state index contributed by atoms with van der Waals surface area (Å²) in [5.74, 6) is -0.240. The Morgan fingerprint density at radius 1 is 1.17 bits per heavy atom. The van der Waals surface area contributed by atoms with Gasteiger partial charge in [0.2, 0.25) is 11.8 Å². The largest absolute Gasteiger partial charge is 0.353 e. The van der Waals surface area contributed by atoms with Crippen molar-refractivity contribution < 1.29 is 9.59 Å². The van der Waals surface area contributed by atoms with Crippen LogP contribution in [-0.2, 0) is 22.7 Å². The minimum Gasteiger partial charge on any atom is -0.353 e. The van der Waals surface area contributed by atoms with E-state index in [4.69, 9.17) is 0 Å². The molecule has 1 atom stereocenters. The van der Waals surface area contributed by atoms with Crippen molar-refractivity contribution in [2.24, 2.45) is 0 Å². The summed E-state index contributed by atoms with van der Waals surface area (Å²) in [5, 5.41) is 8.17. The smallest absolute Gasteiger partial charge is 0.237 e. The predicted molar refractivity (Wildman–Crippen MR) is 117 cm³/mol. The lowest BCUT2D eigenvalue weighted by molar-refractivity contribution is -0.134. The number of nitrogens with zero attached hydrogens (tertiary/aromatic N) is 2. The highest BCUT2D eigenvalue weighted by Gasteiger charge is 2.31. The molecule has 1 aliphatic rings. The van der Waals surface area contributed by atoms with Gasteiger partial charge in [0.15, 0.2) is 0 Å². The number of carbonyl (C=O) groups excluding carboxylic acids is 2. The van der Waals surface area contributed by atoms with Crippen molar-refractivity contribution in [3.63, 3.8) is 0 Å². The Hall–Kier alpha value is -3.25. The van der Waals surface area contributed by atoms with Crippen LogP contribution < -0.4 is 10.6 Å². The van der Waals surface area contributed by atoms with Crippen molar-refractivity contribution in [2.75, 3.05) is 13.1 Å². The first-order valence-electron chi connectivity index (χ1n) is 10.3. The molecular weight excluding hydrogens is 376 g/mol. The van der Waals surface area contributed by atoms with Crippen LogP contribution in [0, 0.1) is 6.92 Å². The van der Waals surface area contributed by atoms with Crippen LogP contribution in [0.25, 0.3) is 10.8 Å². The quantitative estimate of drug-likeness (QED) is 0.665. The first kappa shape index (κ1) is 20.0. The summed E-state index contributed by atoms with van der Waals surface area (Å²) in [5.41, 5.74) is 3.04. The highest BCUT2D eigenvalue weighted by molar-refractivity contribution is 5.89. The zero-order valence-corrected chi connectivity index (χ0v) is 17.1. The molecule has 1 saturated heterocycles. The van der Waals surface area contributed by atoms with Gasteiger partial charge in [0.1, 0.15) is 0 Å². The molecule has 0 spiro atoms. The normalized spacial score (nSPS) is 17.0. The number of benzene rings is 2. The van der Waals surface area contributed by atoms with Gasteiger partial charge in [-0.1, -0.05) is 48.5 Å². The maximum absolute atomic E-state index is 12.6. The monoisotopic (exact) mass is 402 g/mol. The Morgan fingerprint density at radius 3 is 2.87 bits per heavy atom. The molecule has 154 valence electrons. The van der Waals surface area contributed by atoms with Crippen LogP contribution in [0.15, 0.2) is 60.8 Å². The average molecular weight is 402 g/mol. The molecule has 6 nitrogen and oxygen atoms in total. The fourth-order valence-electron chi connectivity index (χ4n) is 3.96. The van der Waals surface area contributed by atoms with Crippen LogP contribution in [0.2, 0.25) is 0 Å². The van der Waals surface area contributed by atoms with Crippen molar-refractivity contribution in [3.8, 4) is 0 Å². The summed E-state index contributed by atoms with van der Waals surface area (Å²) in [6.45, 7) is 4.27. The third-order valence-corrected chi connectivity index (χ3v) is 5.64. The van der Waals surface area contributed by atoms with Crippen LogP contribution >= 0.6 is 0 Å². The molecule has 2 N–H and O–H groups in total. The lowest BCUT2D eigenvalue weighted by atomic mass is 10.0. The standard InChI is InChI=1S/C24H26N4O2/c1-17-6-5-11-25-21(17)15-27-23(29)14-22-24(30)26-12-13-28(22)16-19-9-4-8-18-7-2-3-10-20(18)19/h2-11,22H,12-16H2,1H3,(H,26,30)(H,27,29)/t22-/m1/s1. The van der Waals surface area contributed by atoms with Crippen LogP contribution in [-0.4, -0.2) is 40.8 Å². The minimum atomic E-state index is -0.484. The number of amides is 2. The van der Waals surface area contributed by atoms with E-state index in [1.807, 2.05) is 37.3 Å². The Balaban J connectivity index is 1.45. The Labute approximate surface area is 176 Å². The molecule has 1 fully saturated rings. The summed E-state index contributed by atoms with van der Waals surface area (Å²) in [6.07, 6.45) is 1.84. The van der Waals surface area contributed by atoms with Crippen LogP contribution in [0.5, 0.6) is 0 Å². The summed E-state index contributed by atoms with van der Waals surface area (Å²) in [6, 6.07) is 17.8. The molecule has 30 heavy (non-hydrogen) atoms. The fourth-order valence-corrected chi connectivity index (χ4v) is 3.96. The van der Waals surface area contributed by atoms with Crippen molar-refractivity contribution >= 4 is 22.6 Å². The van der Waals surface area contributed by atoms with E-state index in [9.17, 15) is 9.59 Å². The molecule has 6 heteroatoms. The average Bonchev–Trinajstić information content (AvgIpc) is 2.76. The minimum absolute atomic E-state index is 0.0920. The van der Waals surface area contributed by atoms with Gasteiger partial charge in [0, 0.05) is 25.8 Å². The SMILES string of the molecule is Cc1cccnc1CNC(=O)C[C@@H]1C(=O)NCCN1Cc1cccc2ccccc12. The number of hydrogen-bond donors (Lipinski definition) is 2. The van der Waals surface area contributed by atoms with Crippen molar-refractivity contribution in [3.05, 3.63) is 77.6 Å². The van der Waals surface area contributed by atoms with Gasteiger partial charge in [0.25, 0.3) is 0 Å². The van der Waals surface area contributed by atoms with Crippen molar-refractivity contribution in [2.45, 2.75) is 32.5 Å². The molecule has 2 amide bonds. The molecule has 2 aromatic carbocycles. The number of pyridine rings is 1. The van der Waals surface area contributed by atoms with Gasteiger partial charge in [0.05, 0.1) is 24.7 Å². The molecule has 2 heterocycles. The number of nitrogens with one attached hydrogen (secondary N) is 2. The maximum Gasteiger partial charge on any atom is 0.237 e. The number of fused-ring (bicyclic) bond motifs is 1. The predicted octanol–water partition coefficient (Wildman–Crippen LogP) is 2.55. The van der Waals surface area contributed by atoms with Gasteiger partial charge in [-0.15, -0.1) is 0 Å². The number of carbonyl (C=O) groups is 2. The summed E-state index contributed by atoms with van der Waals surface area (Å²) in [4.78, 5) is 31.6. The highest BCUT2D eigenvalue weighted by Crippen LogP contribution is 2.22. The van der Waals surface area contributed by atoms with E-state index in [1.54, 1.807) is 6.20 Å². The number of piperazine rings is 1. The first-order valence-corrected chi connectivity index (χ1v) is 10.3. The fraction of sp³-hybridized carbons (Fsp3) is 0.292. The van der Waals surface area contributed by atoms with Crippen LogP contribution in [0.4, 0.5) is 0 Å². The number of aromatic nitrogens is 1. The topological polar surface area (TPSA) is 74.3 Å². The molecule has 1 aromatic heterocycles. The van der Waals surface area contributed by atoms with Gasteiger partial charge in [-0.2, -0.15) is 0 Å². The lowest BCUT2D eigenvalue weighted by Crippen LogP contribution is -2.56. The Bertz CT molecular complexity index is 1060. The zero-order valence-electron chi connectivity index (χ0n) is 17.1. The molecular formula is C24H26N4O2. The van der Waals surface area contributed by atoms with Gasteiger partial charge < -0.3 is 10.6 Å². The second-order valence-corrected chi connectivity index (χ2v) is 7.66. The molecule has 0 aliphatic carbocycles. The molecule has 0 bridgehead atoms. The molecule has 3 aromatic rings. The van der Waals surface area contributed by atoms with Gasteiger partial charge >= 0.3 is 0 Å². The zero-order chi connectivity index (χ0) is 20.9. The van der Waals surface area contributed by atoms with Gasteiger partial charge in [-0.3, -0.25) is 19.5 Å². The second-order valence-electron chi connectivity index (χ2n) is 7.66. The van der Waals surface area contributed by atoms with Gasteiger partial charge in [-0.05, 0) is 34.9 Å². The third-order valence-electron chi connectivity index (χ3n) is 5.64. The van der Waals surface area contributed by atoms with E-state index in [0.717, 1.165) is 16.8 Å². The molecule has 0 unspecified atom stereocenters. The van der Waals surface area contributed by atoms with E-state index < -0.39 is 6.04 Å². The van der Waals surface area contributed by atoms with E-state index in [0.29, 0.717) is 26.2 Å². The van der Waals surface area contributed by atoms with Crippen molar-refractivity contribution in [1.82, 2.24) is 20.5 Å². The van der Waals surface area contributed by atoms with Gasteiger partial charge in [-0.25, -0.2) is 0 Å². The number of aryl methyl sites for hydroxylation is 1. The molecule has 4 rings (SSSR count). The molecule has 0 saturated carbocycles. The van der Waals surface area contributed by atoms with E-state index in [-0.39, 0.29) is 18.2 Å². The van der Waals surface area contributed by atoms with E-state index in [1.165, 1.54) is 10.8 Å². The third kappa shape index (κ3) is 4.49. The summed E-state index contributed by atoms with van der Waals surface area (Å²) < 4.78 is 0. The first-order chi connectivity index (χ1) is 14.6. The lowest BCUT2D eigenvalue weighted by Gasteiger charge is -2.35. The van der Waals surface area contributed by atoms with E-state index >= 15 is 0 Å². The van der Waals surface area contributed by atoms with Crippen molar-refractivity contribution in [1.29, 1.82) is 0 Å². The van der Waals surface area contributed by atoms with Crippen LogP contribution in [0.1, 0.15) is 23.2 Å². The number of rotatable bonds is 6. The highest BCUT2D eigenvalue weighted by atomic mass is 16.2. The molecule has 0 radical (unpaired) electrons.